The van der Waals surface area contributed by atoms with Crippen LogP contribution in [0.3, 0.4) is 0 Å². The monoisotopic (exact) mass is 362 g/mol. The van der Waals surface area contributed by atoms with Gasteiger partial charge in [0.2, 0.25) is 6.29 Å². The average molecular weight is 363 g/mol. The van der Waals surface area contributed by atoms with Crippen LogP contribution in [0.1, 0.15) is 17.6 Å². The van der Waals surface area contributed by atoms with Crippen LogP contribution in [0, 0.1) is 0 Å². The van der Waals surface area contributed by atoms with Crippen molar-refractivity contribution in [3.8, 4) is 11.3 Å². The van der Waals surface area contributed by atoms with Gasteiger partial charge in [0.1, 0.15) is 5.76 Å². The maximum absolute atomic E-state index is 13.1. The van der Waals surface area contributed by atoms with E-state index in [0.29, 0.717) is 23.4 Å². The summed E-state index contributed by atoms with van der Waals surface area (Å²) < 4.78 is 55.7. The number of alkyl halides is 3. The van der Waals surface area contributed by atoms with E-state index in [9.17, 15) is 13.2 Å². The molecule has 1 fully saturated rings. The van der Waals surface area contributed by atoms with Crippen LogP contribution in [0.5, 0.6) is 0 Å². The summed E-state index contributed by atoms with van der Waals surface area (Å²) in [5.74, 6) is 0.488. The van der Waals surface area contributed by atoms with Gasteiger partial charge in [0.15, 0.2) is 5.76 Å². The van der Waals surface area contributed by atoms with Crippen LogP contribution >= 0.6 is 15.9 Å². The van der Waals surface area contributed by atoms with Gasteiger partial charge in [0.25, 0.3) is 0 Å². The SMILES string of the molecule is FC(F)(F)c1cc(Br)ccc1-c1ccc(C2OCCO2)o1. The minimum atomic E-state index is -4.47. The lowest BCUT2D eigenvalue weighted by Gasteiger charge is -2.12. The molecule has 1 aliphatic heterocycles. The Morgan fingerprint density at radius 2 is 1.76 bits per heavy atom. The van der Waals surface area contributed by atoms with Crippen LogP contribution in [-0.4, -0.2) is 13.2 Å². The van der Waals surface area contributed by atoms with E-state index in [1.165, 1.54) is 18.2 Å². The number of benzene rings is 1. The smallest absolute Gasteiger partial charge is 0.417 e. The normalized spacial score (nSPS) is 16.6. The molecule has 2 aromatic rings. The van der Waals surface area contributed by atoms with Gasteiger partial charge in [-0.15, -0.1) is 0 Å². The Bertz CT molecular complexity index is 645. The largest absolute Gasteiger partial charge is 0.456 e. The molecular formula is C14H10BrF3O3. The molecule has 1 saturated heterocycles. The minimum absolute atomic E-state index is 0.0186. The van der Waals surface area contributed by atoms with Crippen molar-refractivity contribution in [3.05, 3.63) is 46.1 Å². The third kappa shape index (κ3) is 3.00. The number of halogens is 4. The van der Waals surface area contributed by atoms with Crippen molar-refractivity contribution < 1.29 is 27.1 Å². The molecule has 0 atom stereocenters. The summed E-state index contributed by atoms with van der Waals surface area (Å²) in [5.41, 5.74) is -0.777. The molecule has 0 unspecified atom stereocenters. The molecule has 2 heterocycles. The van der Waals surface area contributed by atoms with E-state index in [2.05, 4.69) is 15.9 Å². The molecule has 0 spiro atoms. The molecule has 112 valence electrons. The highest BCUT2D eigenvalue weighted by atomic mass is 79.9. The molecule has 1 aliphatic rings. The summed E-state index contributed by atoms with van der Waals surface area (Å²) in [6.07, 6.45) is -5.12. The predicted molar refractivity (Wildman–Crippen MR) is 71.5 cm³/mol. The standard InChI is InChI=1S/C14H10BrF3O3/c15-8-1-2-9(10(7-8)14(16,17)18)11-3-4-12(21-11)13-19-5-6-20-13/h1-4,7,13H,5-6H2. The van der Waals surface area contributed by atoms with Crippen molar-refractivity contribution in [2.45, 2.75) is 12.5 Å². The molecule has 0 radical (unpaired) electrons. The highest BCUT2D eigenvalue weighted by Gasteiger charge is 2.35. The first-order chi connectivity index (χ1) is 9.95. The van der Waals surface area contributed by atoms with E-state index in [4.69, 9.17) is 13.9 Å². The first-order valence-electron chi connectivity index (χ1n) is 6.15. The van der Waals surface area contributed by atoms with Crippen LogP contribution in [0.25, 0.3) is 11.3 Å². The lowest BCUT2D eigenvalue weighted by atomic mass is 10.1. The average Bonchev–Trinajstić information content (AvgIpc) is 3.08. The molecule has 7 heteroatoms. The van der Waals surface area contributed by atoms with Crippen LogP contribution in [0.15, 0.2) is 39.2 Å². The second-order valence-corrected chi connectivity index (χ2v) is 5.38. The molecule has 3 nitrogen and oxygen atoms in total. The Morgan fingerprint density at radius 3 is 2.43 bits per heavy atom. The molecule has 1 aromatic carbocycles. The first kappa shape index (κ1) is 14.6. The zero-order chi connectivity index (χ0) is 15.0. The summed E-state index contributed by atoms with van der Waals surface area (Å²) >= 11 is 3.05. The molecule has 0 N–H and O–H groups in total. The highest BCUT2D eigenvalue weighted by molar-refractivity contribution is 9.10. The lowest BCUT2D eigenvalue weighted by molar-refractivity contribution is -0.137. The van der Waals surface area contributed by atoms with Crippen LogP contribution in [0.4, 0.5) is 13.2 Å². The van der Waals surface area contributed by atoms with Gasteiger partial charge in [-0.25, -0.2) is 0 Å². The summed E-state index contributed by atoms with van der Waals surface area (Å²) in [4.78, 5) is 0. The van der Waals surface area contributed by atoms with E-state index >= 15 is 0 Å². The first-order valence-corrected chi connectivity index (χ1v) is 6.94. The zero-order valence-corrected chi connectivity index (χ0v) is 12.2. The molecule has 0 saturated carbocycles. The molecule has 1 aromatic heterocycles. The van der Waals surface area contributed by atoms with Crippen molar-refractivity contribution in [1.29, 1.82) is 0 Å². The Labute approximate surface area is 126 Å². The fourth-order valence-electron chi connectivity index (χ4n) is 2.11. The van der Waals surface area contributed by atoms with Gasteiger partial charge in [-0.2, -0.15) is 13.2 Å². The van der Waals surface area contributed by atoms with E-state index < -0.39 is 18.0 Å². The van der Waals surface area contributed by atoms with Crippen molar-refractivity contribution in [3.63, 3.8) is 0 Å². The molecule has 0 aliphatic carbocycles. The van der Waals surface area contributed by atoms with E-state index in [-0.39, 0.29) is 11.3 Å². The van der Waals surface area contributed by atoms with Crippen molar-refractivity contribution in [2.75, 3.05) is 13.2 Å². The highest BCUT2D eigenvalue weighted by Crippen LogP contribution is 2.40. The summed E-state index contributed by atoms with van der Waals surface area (Å²) in [5, 5.41) is 0. The maximum Gasteiger partial charge on any atom is 0.417 e. The van der Waals surface area contributed by atoms with Crippen LogP contribution in [-0.2, 0) is 15.7 Å². The van der Waals surface area contributed by atoms with Gasteiger partial charge in [-0.3, -0.25) is 0 Å². The van der Waals surface area contributed by atoms with E-state index in [1.54, 1.807) is 6.07 Å². The second-order valence-electron chi connectivity index (χ2n) is 4.46. The predicted octanol–water partition coefficient (Wildman–Crippen LogP) is 4.77. The number of rotatable bonds is 2. The number of hydrogen-bond acceptors (Lipinski definition) is 3. The van der Waals surface area contributed by atoms with Gasteiger partial charge in [0, 0.05) is 10.0 Å². The number of hydrogen-bond donors (Lipinski definition) is 0. The van der Waals surface area contributed by atoms with Gasteiger partial charge >= 0.3 is 6.18 Å². The van der Waals surface area contributed by atoms with Crippen molar-refractivity contribution >= 4 is 15.9 Å². The third-order valence-electron chi connectivity index (χ3n) is 3.03. The van der Waals surface area contributed by atoms with Crippen LogP contribution in [0.2, 0.25) is 0 Å². The second kappa shape index (κ2) is 5.47. The van der Waals surface area contributed by atoms with Crippen LogP contribution < -0.4 is 0 Å². The van der Waals surface area contributed by atoms with E-state index in [1.807, 2.05) is 0 Å². The van der Waals surface area contributed by atoms with Crippen molar-refractivity contribution in [1.82, 2.24) is 0 Å². The molecular weight excluding hydrogens is 353 g/mol. The van der Waals surface area contributed by atoms with E-state index in [0.717, 1.165) is 6.07 Å². The Kier molecular flexibility index (Phi) is 3.81. The zero-order valence-electron chi connectivity index (χ0n) is 10.6. The summed E-state index contributed by atoms with van der Waals surface area (Å²) in [6, 6.07) is 6.98. The van der Waals surface area contributed by atoms with Gasteiger partial charge in [-0.1, -0.05) is 15.9 Å². The van der Waals surface area contributed by atoms with Gasteiger partial charge in [-0.05, 0) is 30.3 Å². The third-order valence-corrected chi connectivity index (χ3v) is 3.53. The molecule has 0 amide bonds. The van der Waals surface area contributed by atoms with Crippen molar-refractivity contribution in [2.24, 2.45) is 0 Å². The lowest BCUT2D eigenvalue weighted by Crippen LogP contribution is -2.07. The molecule has 21 heavy (non-hydrogen) atoms. The summed E-state index contributed by atoms with van der Waals surface area (Å²) in [6.45, 7) is 0.875. The number of ether oxygens (including phenoxy) is 2. The minimum Gasteiger partial charge on any atom is -0.456 e. The maximum atomic E-state index is 13.1. The Balaban J connectivity index is 2.00. The quantitative estimate of drug-likeness (QED) is 0.770. The Hall–Kier alpha value is -1.31. The molecule has 0 bridgehead atoms. The van der Waals surface area contributed by atoms with Gasteiger partial charge < -0.3 is 13.9 Å². The molecule has 3 rings (SSSR count). The number of furan rings is 1. The van der Waals surface area contributed by atoms with Gasteiger partial charge in [0.05, 0.1) is 18.8 Å². The summed E-state index contributed by atoms with van der Waals surface area (Å²) in [7, 11) is 0. The fraction of sp³-hybridized carbons (Fsp3) is 0.286. The Morgan fingerprint density at radius 1 is 1.05 bits per heavy atom. The topological polar surface area (TPSA) is 31.6 Å². The fourth-order valence-corrected chi connectivity index (χ4v) is 2.47.